The minimum atomic E-state index is -0.387. The normalized spacial score (nSPS) is 16.2. The quantitative estimate of drug-likeness (QED) is 0.179. The highest BCUT2D eigenvalue weighted by molar-refractivity contribution is 7.17. The number of fused-ring (bicyclic) bond motifs is 3. The molecular formula is C40H35FN4O4S. The van der Waals surface area contributed by atoms with Gasteiger partial charge in [0, 0.05) is 72.6 Å². The zero-order valence-corrected chi connectivity index (χ0v) is 28.2. The fourth-order valence-corrected chi connectivity index (χ4v) is 8.44. The smallest absolute Gasteiger partial charge is 0.259 e. The summed E-state index contributed by atoms with van der Waals surface area (Å²) in [5, 5.41) is 2.99. The van der Waals surface area contributed by atoms with E-state index in [2.05, 4.69) is 15.2 Å². The van der Waals surface area contributed by atoms with Crippen molar-refractivity contribution < 1.29 is 23.5 Å². The van der Waals surface area contributed by atoms with Gasteiger partial charge >= 0.3 is 0 Å². The first kappa shape index (κ1) is 32.0. The van der Waals surface area contributed by atoms with Gasteiger partial charge in [0.05, 0.1) is 16.1 Å². The molecule has 0 aliphatic carbocycles. The Bertz CT molecular complexity index is 2100. The minimum Gasteiger partial charge on any atom is -0.381 e. The highest BCUT2D eigenvalue weighted by atomic mass is 32.1. The first-order valence-electron chi connectivity index (χ1n) is 16.9. The second-order valence-corrected chi connectivity index (χ2v) is 14.3. The van der Waals surface area contributed by atoms with Gasteiger partial charge in [0.2, 0.25) is 0 Å². The van der Waals surface area contributed by atoms with Crippen LogP contribution in [0.5, 0.6) is 0 Å². The molecule has 5 heterocycles. The first-order valence-corrected chi connectivity index (χ1v) is 17.7. The van der Waals surface area contributed by atoms with E-state index >= 15 is 0 Å². The highest BCUT2D eigenvalue weighted by Gasteiger charge is 2.45. The molecule has 8 rings (SSSR count). The molecule has 2 amide bonds. The van der Waals surface area contributed by atoms with Gasteiger partial charge in [-0.2, -0.15) is 0 Å². The van der Waals surface area contributed by atoms with Crippen molar-refractivity contribution in [3.8, 4) is 10.4 Å². The predicted molar refractivity (Wildman–Crippen MR) is 193 cm³/mol. The van der Waals surface area contributed by atoms with Crippen molar-refractivity contribution >= 4 is 46.1 Å². The molecule has 10 heteroatoms. The number of halogens is 1. The van der Waals surface area contributed by atoms with Crippen LogP contribution in [0.2, 0.25) is 0 Å². The molecule has 5 aromatic rings. The number of hydrogen-bond donors (Lipinski definition) is 1. The third kappa shape index (κ3) is 6.09. The first-order chi connectivity index (χ1) is 24.4. The molecule has 1 spiro atoms. The van der Waals surface area contributed by atoms with Crippen LogP contribution < -0.4 is 15.1 Å². The summed E-state index contributed by atoms with van der Waals surface area (Å²) in [6, 6.07) is 26.5. The number of hydrogen-bond acceptors (Lipinski definition) is 7. The van der Waals surface area contributed by atoms with Gasteiger partial charge in [-0.05, 0) is 85.0 Å². The Morgan fingerprint density at radius 1 is 0.920 bits per heavy atom. The van der Waals surface area contributed by atoms with Gasteiger partial charge in [-0.3, -0.25) is 14.4 Å². The summed E-state index contributed by atoms with van der Waals surface area (Å²) in [5.74, 6) is -0.240. The lowest BCUT2D eigenvalue weighted by atomic mass is 9.73. The molecule has 8 nitrogen and oxygen atoms in total. The van der Waals surface area contributed by atoms with E-state index in [1.54, 1.807) is 65.7 Å². The highest BCUT2D eigenvalue weighted by Crippen LogP contribution is 2.43. The molecule has 1 N–H and O–H groups in total. The number of anilines is 3. The largest absolute Gasteiger partial charge is 0.381 e. The summed E-state index contributed by atoms with van der Waals surface area (Å²) >= 11 is 1.39. The van der Waals surface area contributed by atoms with E-state index in [0.717, 1.165) is 60.8 Å². The maximum atomic E-state index is 14.2. The van der Waals surface area contributed by atoms with Crippen LogP contribution in [0.1, 0.15) is 54.4 Å². The summed E-state index contributed by atoms with van der Waals surface area (Å²) in [7, 11) is 0. The number of rotatable bonds is 7. The summed E-state index contributed by atoms with van der Waals surface area (Å²) < 4.78 is 19.8. The van der Waals surface area contributed by atoms with Gasteiger partial charge in [0.15, 0.2) is 5.78 Å². The number of carbonyl (C=O) groups is 3. The van der Waals surface area contributed by atoms with Crippen molar-refractivity contribution in [1.82, 2.24) is 4.98 Å². The maximum Gasteiger partial charge on any atom is 0.259 e. The van der Waals surface area contributed by atoms with Crippen LogP contribution in [-0.4, -0.2) is 55.4 Å². The fraction of sp³-hybridized carbons (Fsp3) is 0.250. The van der Waals surface area contributed by atoms with Gasteiger partial charge in [0.25, 0.3) is 11.8 Å². The van der Waals surface area contributed by atoms with E-state index in [9.17, 15) is 18.8 Å². The Kier molecular flexibility index (Phi) is 8.50. The van der Waals surface area contributed by atoms with E-state index in [-0.39, 0.29) is 35.3 Å². The number of para-hydroxylation sites is 1. The molecule has 0 radical (unpaired) electrons. The average Bonchev–Trinajstić information content (AvgIpc) is 3.50. The Morgan fingerprint density at radius 2 is 1.68 bits per heavy atom. The van der Waals surface area contributed by atoms with Gasteiger partial charge in [0.1, 0.15) is 11.6 Å². The lowest BCUT2D eigenvalue weighted by Gasteiger charge is -2.53. The molecule has 0 bridgehead atoms. The number of ether oxygens (including phenoxy) is 1. The van der Waals surface area contributed by atoms with Crippen LogP contribution in [-0.2, 0) is 17.6 Å². The van der Waals surface area contributed by atoms with E-state index < -0.39 is 0 Å². The molecule has 2 saturated heterocycles. The van der Waals surface area contributed by atoms with Crippen LogP contribution >= 0.6 is 11.3 Å². The van der Waals surface area contributed by atoms with Crippen molar-refractivity contribution in [1.29, 1.82) is 0 Å². The standard InChI is InChI=1S/C40H35FN4O4S/c41-32-9-3-1-6-27(32)22-34(46)35-23-28-15-19-45(33-10-4-2-7-30(33)36(28)50-35)39(48)26-11-13-29(14-12-26)43-38(47)31-8-5-18-42-37(31)44-24-40(25-44)16-20-49-21-17-40/h1-14,18,23H,15-17,19-22,24-25H2,(H,43,47). The molecular weight excluding hydrogens is 652 g/mol. The van der Waals surface area contributed by atoms with E-state index in [4.69, 9.17) is 4.74 Å². The van der Waals surface area contributed by atoms with Crippen LogP contribution in [0, 0.1) is 11.2 Å². The van der Waals surface area contributed by atoms with Crippen molar-refractivity contribution in [2.24, 2.45) is 5.41 Å². The van der Waals surface area contributed by atoms with Crippen molar-refractivity contribution in [3.05, 3.63) is 130 Å². The van der Waals surface area contributed by atoms with Gasteiger partial charge in [-0.25, -0.2) is 9.37 Å². The van der Waals surface area contributed by atoms with Crippen LogP contribution in [0.4, 0.5) is 21.6 Å². The third-order valence-corrected chi connectivity index (χ3v) is 11.3. The number of aromatic nitrogens is 1. The van der Waals surface area contributed by atoms with Gasteiger partial charge in [-0.1, -0.05) is 36.4 Å². The number of pyridine rings is 1. The molecule has 2 aromatic heterocycles. The number of thiophene rings is 1. The SMILES string of the molecule is O=C(Cc1ccccc1F)c1cc2c(s1)-c1ccccc1N(C(=O)c1ccc(NC(=O)c3cccnc3N3CC4(CCOCC4)C3)cc1)CC2. The molecule has 0 saturated carbocycles. The second kappa shape index (κ2) is 13.3. The summed E-state index contributed by atoms with van der Waals surface area (Å²) in [5.41, 5.74) is 4.85. The number of amides is 2. The summed E-state index contributed by atoms with van der Waals surface area (Å²) in [6.07, 6.45) is 4.33. The zero-order valence-electron chi connectivity index (χ0n) is 27.4. The number of nitrogens with one attached hydrogen (secondary N) is 1. The summed E-state index contributed by atoms with van der Waals surface area (Å²) in [6.45, 7) is 3.72. The van der Waals surface area contributed by atoms with Crippen molar-refractivity contribution in [2.45, 2.75) is 25.7 Å². The molecule has 2 fully saturated rings. The molecule has 3 aliphatic rings. The molecule has 50 heavy (non-hydrogen) atoms. The Balaban J connectivity index is 0.966. The lowest BCUT2D eigenvalue weighted by molar-refractivity contribution is -0.000510. The lowest BCUT2D eigenvalue weighted by Crippen LogP contribution is -2.59. The van der Waals surface area contributed by atoms with E-state index in [0.29, 0.717) is 46.0 Å². The third-order valence-electron chi connectivity index (χ3n) is 10.0. The zero-order chi connectivity index (χ0) is 34.2. The van der Waals surface area contributed by atoms with Crippen LogP contribution in [0.25, 0.3) is 10.4 Å². The number of Topliss-reactive ketones (excluding diaryl/α,β-unsaturated/α-hetero) is 1. The summed E-state index contributed by atoms with van der Waals surface area (Å²) in [4.78, 5) is 50.6. The number of carbonyl (C=O) groups excluding carboxylic acids is 3. The Labute approximate surface area is 293 Å². The number of ketones is 1. The topological polar surface area (TPSA) is 91.8 Å². The van der Waals surface area contributed by atoms with Crippen LogP contribution in [0.15, 0.2) is 97.2 Å². The Hall–Kier alpha value is -5.19. The van der Waals surface area contributed by atoms with Gasteiger partial charge in [-0.15, -0.1) is 11.3 Å². The molecule has 3 aliphatic heterocycles. The van der Waals surface area contributed by atoms with E-state index in [1.807, 2.05) is 30.3 Å². The molecule has 3 aromatic carbocycles. The number of nitrogens with zero attached hydrogens (tertiary/aromatic N) is 3. The van der Waals surface area contributed by atoms with Crippen molar-refractivity contribution in [3.63, 3.8) is 0 Å². The second-order valence-electron chi connectivity index (χ2n) is 13.3. The van der Waals surface area contributed by atoms with Gasteiger partial charge < -0.3 is 19.9 Å². The van der Waals surface area contributed by atoms with E-state index in [1.165, 1.54) is 17.4 Å². The molecule has 252 valence electrons. The Morgan fingerprint density at radius 3 is 2.48 bits per heavy atom. The maximum absolute atomic E-state index is 14.2. The average molecular weight is 687 g/mol. The minimum absolute atomic E-state index is 0.00651. The monoisotopic (exact) mass is 686 g/mol. The fourth-order valence-electron chi connectivity index (χ4n) is 7.26. The molecule has 0 atom stereocenters. The molecule has 0 unspecified atom stereocenters. The van der Waals surface area contributed by atoms with Crippen LogP contribution in [0.3, 0.4) is 0 Å². The number of benzene rings is 3. The predicted octanol–water partition coefficient (Wildman–Crippen LogP) is 7.45. The van der Waals surface area contributed by atoms with Crippen molar-refractivity contribution in [2.75, 3.05) is 48.0 Å².